The number of aryl methyl sites for hydroxylation is 1. The van der Waals surface area contributed by atoms with Crippen LogP contribution in [0.5, 0.6) is 11.5 Å². The summed E-state index contributed by atoms with van der Waals surface area (Å²) in [7, 11) is 0. The molecule has 0 spiro atoms. The molecule has 1 atom stereocenters. The Labute approximate surface area is 198 Å². The molecule has 2 aromatic carbocycles. The number of aromatic hydroxyl groups is 2. The summed E-state index contributed by atoms with van der Waals surface area (Å²) >= 11 is 7.77. The van der Waals surface area contributed by atoms with E-state index in [-0.39, 0.29) is 18.1 Å². The summed E-state index contributed by atoms with van der Waals surface area (Å²) < 4.78 is 5.35. The fourth-order valence-corrected chi connectivity index (χ4v) is 4.33. The standard InChI is InChI=1S/C24H30ClNO5S/c1-5-11-24(15-27,26-22(30)31-23(2,3)4)12-10-16-6-8-18(14-19(16)25)32-21-13-17(28)7-9-20(21)29/h5-9,13-14,27-29H,1,10-12,15H2,2-4H3,(H,26,30)/t24-/m0/s1. The highest BCUT2D eigenvalue weighted by atomic mass is 35.5. The number of nitrogens with one attached hydrogen (secondary N) is 1. The van der Waals surface area contributed by atoms with E-state index in [1.807, 2.05) is 12.1 Å². The van der Waals surface area contributed by atoms with E-state index in [2.05, 4.69) is 11.9 Å². The van der Waals surface area contributed by atoms with Crippen molar-refractivity contribution in [1.82, 2.24) is 5.32 Å². The maximum absolute atomic E-state index is 12.3. The van der Waals surface area contributed by atoms with E-state index in [1.165, 1.54) is 30.0 Å². The smallest absolute Gasteiger partial charge is 0.408 e. The number of benzene rings is 2. The second-order valence-corrected chi connectivity index (χ2v) is 10.1. The van der Waals surface area contributed by atoms with Gasteiger partial charge in [0.15, 0.2) is 0 Å². The minimum absolute atomic E-state index is 0.0630. The molecule has 0 unspecified atom stereocenters. The van der Waals surface area contributed by atoms with Crippen LogP contribution >= 0.6 is 23.4 Å². The monoisotopic (exact) mass is 479 g/mol. The average molecular weight is 480 g/mol. The number of rotatable bonds is 9. The summed E-state index contributed by atoms with van der Waals surface area (Å²) in [6, 6.07) is 9.84. The third kappa shape index (κ3) is 7.65. The summed E-state index contributed by atoms with van der Waals surface area (Å²) in [6.07, 6.45) is 2.35. The largest absolute Gasteiger partial charge is 0.508 e. The summed E-state index contributed by atoms with van der Waals surface area (Å²) in [5.74, 6) is 0.131. The minimum atomic E-state index is -0.922. The first-order valence-corrected chi connectivity index (χ1v) is 11.4. The average Bonchev–Trinajstić information content (AvgIpc) is 2.68. The molecule has 6 nitrogen and oxygen atoms in total. The van der Waals surface area contributed by atoms with E-state index in [4.69, 9.17) is 16.3 Å². The van der Waals surface area contributed by atoms with Gasteiger partial charge in [-0.3, -0.25) is 0 Å². The Morgan fingerprint density at radius 2 is 1.94 bits per heavy atom. The van der Waals surface area contributed by atoms with Crippen LogP contribution in [0.2, 0.25) is 5.02 Å². The molecule has 0 saturated heterocycles. The van der Waals surface area contributed by atoms with Crippen LogP contribution in [0.25, 0.3) is 0 Å². The lowest BCUT2D eigenvalue weighted by molar-refractivity contribution is 0.0389. The van der Waals surface area contributed by atoms with Crippen LogP contribution in [-0.4, -0.2) is 39.2 Å². The Hall–Kier alpha value is -2.35. The zero-order chi connectivity index (χ0) is 23.9. The molecule has 0 heterocycles. The third-order valence-electron chi connectivity index (χ3n) is 4.67. The van der Waals surface area contributed by atoms with Gasteiger partial charge in [-0.25, -0.2) is 4.79 Å². The number of ether oxygens (including phenoxy) is 1. The predicted molar refractivity (Wildman–Crippen MR) is 128 cm³/mol. The van der Waals surface area contributed by atoms with Gasteiger partial charge in [0.2, 0.25) is 0 Å². The molecule has 0 aliphatic carbocycles. The Kier molecular flexibility index (Phi) is 8.89. The molecule has 2 aromatic rings. The highest BCUT2D eigenvalue weighted by Gasteiger charge is 2.32. The normalized spacial score (nSPS) is 13.3. The van der Waals surface area contributed by atoms with Gasteiger partial charge in [0.1, 0.15) is 17.1 Å². The highest BCUT2D eigenvalue weighted by molar-refractivity contribution is 7.99. The second kappa shape index (κ2) is 11.0. The van der Waals surface area contributed by atoms with Crippen molar-refractivity contribution in [3.63, 3.8) is 0 Å². The SMILES string of the molecule is C=CC[C@@](CO)(CCc1ccc(Sc2cc(O)ccc2O)cc1Cl)NC(=O)OC(C)(C)C. The summed E-state index contributed by atoms with van der Waals surface area (Å²) in [4.78, 5) is 13.6. The fourth-order valence-electron chi connectivity index (χ4n) is 3.07. The molecular formula is C24H30ClNO5S. The summed E-state index contributed by atoms with van der Waals surface area (Å²) in [6.45, 7) is 8.79. The van der Waals surface area contributed by atoms with Gasteiger partial charge < -0.3 is 25.4 Å². The first-order valence-electron chi connectivity index (χ1n) is 10.2. The number of hydrogen-bond acceptors (Lipinski definition) is 6. The molecule has 1 amide bonds. The maximum atomic E-state index is 12.3. The van der Waals surface area contributed by atoms with Gasteiger partial charge in [0.25, 0.3) is 0 Å². The van der Waals surface area contributed by atoms with E-state index in [0.29, 0.717) is 29.2 Å². The van der Waals surface area contributed by atoms with Crippen molar-refractivity contribution in [3.05, 3.63) is 59.6 Å². The number of halogens is 1. The molecule has 0 saturated carbocycles. The molecule has 2 rings (SSSR count). The van der Waals surface area contributed by atoms with Gasteiger partial charge in [0.05, 0.1) is 17.0 Å². The van der Waals surface area contributed by atoms with E-state index in [1.54, 1.807) is 32.9 Å². The van der Waals surface area contributed by atoms with Gasteiger partial charge in [-0.05, 0) is 75.9 Å². The van der Waals surface area contributed by atoms with Crippen LogP contribution < -0.4 is 5.32 Å². The zero-order valence-electron chi connectivity index (χ0n) is 18.5. The number of aliphatic hydroxyl groups excluding tert-OH is 1. The van der Waals surface area contributed by atoms with Crippen molar-refractivity contribution in [1.29, 1.82) is 0 Å². The van der Waals surface area contributed by atoms with Gasteiger partial charge in [-0.1, -0.05) is 35.5 Å². The quantitative estimate of drug-likeness (QED) is 0.273. The van der Waals surface area contributed by atoms with Gasteiger partial charge in [-0.2, -0.15) is 0 Å². The van der Waals surface area contributed by atoms with E-state index in [9.17, 15) is 20.1 Å². The molecule has 0 aromatic heterocycles. The van der Waals surface area contributed by atoms with Crippen LogP contribution in [-0.2, 0) is 11.2 Å². The third-order valence-corrected chi connectivity index (χ3v) is 6.06. The lowest BCUT2D eigenvalue weighted by Crippen LogP contribution is -2.52. The van der Waals surface area contributed by atoms with Gasteiger partial charge in [-0.15, -0.1) is 6.58 Å². The molecule has 0 aliphatic rings. The molecule has 0 radical (unpaired) electrons. The summed E-state index contributed by atoms with van der Waals surface area (Å²) in [5.41, 5.74) is -0.724. The van der Waals surface area contributed by atoms with E-state index < -0.39 is 17.2 Å². The molecule has 0 bridgehead atoms. The number of carbonyl (C=O) groups excluding carboxylic acids is 1. The molecule has 32 heavy (non-hydrogen) atoms. The Morgan fingerprint density at radius 3 is 2.53 bits per heavy atom. The lowest BCUT2D eigenvalue weighted by Gasteiger charge is -2.33. The minimum Gasteiger partial charge on any atom is -0.508 e. The first kappa shape index (κ1) is 25.9. The van der Waals surface area contributed by atoms with Crippen LogP contribution in [0, 0.1) is 0 Å². The first-order chi connectivity index (χ1) is 15.0. The lowest BCUT2D eigenvalue weighted by atomic mass is 9.88. The highest BCUT2D eigenvalue weighted by Crippen LogP contribution is 2.38. The number of alkyl carbamates (subject to hydrolysis) is 1. The fraction of sp³-hybridized carbons (Fsp3) is 0.375. The number of phenolic OH excluding ortho intramolecular Hbond substituents is 2. The van der Waals surface area contributed by atoms with Gasteiger partial charge in [0, 0.05) is 9.92 Å². The maximum Gasteiger partial charge on any atom is 0.408 e. The molecule has 4 N–H and O–H groups in total. The molecule has 8 heteroatoms. The number of carbonyl (C=O) groups is 1. The van der Waals surface area contributed by atoms with Crippen LogP contribution in [0.1, 0.15) is 39.2 Å². The Balaban J connectivity index is 2.13. The van der Waals surface area contributed by atoms with Crippen molar-refractivity contribution in [3.8, 4) is 11.5 Å². The summed E-state index contributed by atoms with van der Waals surface area (Å²) in [5, 5.41) is 33.0. The van der Waals surface area contributed by atoms with Crippen molar-refractivity contribution in [2.75, 3.05) is 6.61 Å². The second-order valence-electron chi connectivity index (χ2n) is 8.57. The predicted octanol–water partition coefficient (Wildman–Crippen LogP) is 5.67. The zero-order valence-corrected chi connectivity index (χ0v) is 20.1. The van der Waals surface area contributed by atoms with Crippen LogP contribution in [0.3, 0.4) is 0 Å². The molecule has 0 fully saturated rings. The van der Waals surface area contributed by atoms with Crippen molar-refractivity contribution in [2.45, 2.75) is 61.0 Å². The van der Waals surface area contributed by atoms with E-state index in [0.717, 1.165) is 10.5 Å². The van der Waals surface area contributed by atoms with Crippen molar-refractivity contribution in [2.24, 2.45) is 0 Å². The van der Waals surface area contributed by atoms with Gasteiger partial charge >= 0.3 is 6.09 Å². The number of phenols is 2. The molecule has 0 aliphatic heterocycles. The molecule has 174 valence electrons. The topological polar surface area (TPSA) is 99.0 Å². The van der Waals surface area contributed by atoms with Crippen molar-refractivity contribution >= 4 is 29.5 Å². The Bertz CT molecular complexity index is 960. The number of aliphatic hydroxyl groups is 1. The number of hydrogen-bond donors (Lipinski definition) is 4. The Morgan fingerprint density at radius 1 is 1.22 bits per heavy atom. The van der Waals surface area contributed by atoms with E-state index >= 15 is 0 Å². The van der Waals surface area contributed by atoms with Crippen LogP contribution in [0.4, 0.5) is 4.79 Å². The number of amides is 1. The van der Waals surface area contributed by atoms with Crippen molar-refractivity contribution < 1.29 is 24.9 Å². The van der Waals surface area contributed by atoms with Crippen LogP contribution in [0.15, 0.2) is 58.8 Å². The molecular weight excluding hydrogens is 450 g/mol.